The molecule has 11 heteroatoms. The fourth-order valence-corrected chi connectivity index (χ4v) is 10.8. The van der Waals surface area contributed by atoms with Crippen molar-refractivity contribution < 1.29 is 40.4 Å². The SMILES string of the molecule is CC(C)(C)[Si](OC[C@@H]1[C@@H](COCc2ccccc2)OC(O)C(F)(F)[C@H]1OS(C)(=O)=O)(c1ccccc1)c1ccccc1. The summed E-state index contributed by atoms with van der Waals surface area (Å²) in [6, 6.07) is 28.5. The molecular weight excluding hydrogens is 582 g/mol. The van der Waals surface area contributed by atoms with Crippen molar-refractivity contribution in [3.8, 4) is 0 Å². The van der Waals surface area contributed by atoms with E-state index < -0.39 is 53.8 Å². The predicted molar refractivity (Wildman–Crippen MR) is 159 cm³/mol. The highest BCUT2D eigenvalue weighted by molar-refractivity contribution is 7.86. The van der Waals surface area contributed by atoms with Crippen molar-refractivity contribution in [2.24, 2.45) is 5.92 Å². The van der Waals surface area contributed by atoms with Crippen molar-refractivity contribution in [2.75, 3.05) is 19.5 Å². The maximum Gasteiger partial charge on any atom is 0.325 e. The summed E-state index contributed by atoms with van der Waals surface area (Å²) in [4.78, 5) is 0. The normalized spacial score (nSPS) is 23.0. The van der Waals surface area contributed by atoms with Gasteiger partial charge in [0.05, 0.1) is 25.6 Å². The number of aliphatic hydroxyl groups is 1. The number of alkyl halides is 2. The van der Waals surface area contributed by atoms with E-state index in [1.807, 2.05) is 112 Å². The molecule has 0 bridgehead atoms. The standard InChI is InChI=1S/C31H38F2O7SSi/c1-30(2,3)42(24-16-10-6-11-17-24,25-18-12-7-13-19-25)38-21-26-27(22-37-20-23-14-8-5-9-15-23)39-29(34)31(32,33)28(26)40-41(4,35)36/h5-19,26-29,34H,20-22H2,1-4H3/t26-,27-,28+,29?/m1/s1. The van der Waals surface area contributed by atoms with E-state index >= 15 is 8.78 Å². The number of halogens is 2. The first-order chi connectivity index (χ1) is 19.8. The number of aliphatic hydroxyl groups excluding tert-OH is 1. The van der Waals surface area contributed by atoms with Gasteiger partial charge in [-0.05, 0) is 21.0 Å². The minimum absolute atomic E-state index is 0.160. The lowest BCUT2D eigenvalue weighted by molar-refractivity contribution is -0.335. The molecule has 7 nitrogen and oxygen atoms in total. The number of hydrogen-bond acceptors (Lipinski definition) is 7. The van der Waals surface area contributed by atoms with E-state index in [0.29, 0.717) is 6.26 Å². The van der Waals surface area contributed by atoms with Crippen molar-refractivity contribution in [1.82, 2.24) is 0 Å². The van der Waals surface area contributed by atoms with Crippen LogP contribution in [0.3, 0.4) is 0 Å². The average molecular weight is 621 g/mol. The van der Waals surface area contributed by atoms with Gasteiger partial charge in [-0.2, -0.15) is 17.2 Å². The quantitative estimate of drug-likeness (QED) is 0.255. The lowest BCUT2D eigenvalue weighted by Crippen LogP contribution is -2.68. The van der Waals surface area contributed by atoms with Crippen LogP contribution < -0.4 is 10.4 Å². The Hall–Kier alpha value is -2.51. The largest absolute Gasteiger partial charge is 0.407 e. The summed E-state index contributed by atoms with van der Waals surface area (Å²) >= 11 is 0. The van der Waals surface area contributed by atoms with Gasteiger partial charge in [-0.3, -0.25) is 4.18 Å². The first-order valence-electron chi connectivity index (χ1n) is 13.7. The summed E-state index contributed by atoms with van der Waals surface area (Å²) in [5.41, 5.74) is 0.850. The summed E-state index contributed by atoms with van der Waals surface area (Å²) in [7, 11) is -7.56. The molecule has 0 radical (unpaired) electrons. The number of rotatable bonds is 11. The van der Waals surface area contributed by atoms with Gasteiger partial charge in [0.25, 0.3) is 18.4 Å². The van der Waals surface area contributed by atoms with Crippen molar-refractivity contribution >= 4 is 28.8 Å². The Morgan fingerprint density at radius 1 is 0.881 bits per heavy atom. The summed E-state index contributed by atoms with van der Waals surface area (Å²) in [6.07, 6.45) is -5.31. The Bertz CT molecular complexity index is 1350. The highest BCUT2D eigenvalue weighted by atomic mass is 32.2. The molecule has 1 unspecified atom stereocenters. The van der Waals surface area contributed by atoms with Gasteiger partial charge in [0.2, 0.25) is 6.29 Å². The zero-order chi connectivity index (χ0) is 30.6. The second-order valence-corrected chi connectivity index (χ2v) is 17.5. The third-order valence-corrected chi connectivity index (χ3v) is 13.0. The molecule has 4 atom stereocenters. The van der Waals surface area contributed by atoms with Gasteiger partial charge in [-0.15, -0.1) is 0 Å². The molecule has 1 N–H and O–H groups in total. The first kappa shape index (κ1) is 32.4. The number of benzene rings is 3. The lowest BCUT2D eigenvalue weighted by atomic mass is 9.89. The van der Waals surface area contributed by atoms with Crippen LogP contribution in [0.2, 0.25) is 5.04 Å². The monoisotopic (exact) mass is 620 g/mol. The van der Waals surface area contributed by atoms with E-state index in [0.717, 1.165) is 15.9 Å². The molecule has 1 saturated heterocycles. The Balaban J connectivity index is 1.74. The van der Waals surface area contributed by atoms with Gasteiger partial charge in [0.15, 0.2) is 6.10 Å². The van der Waals surface area contributed by atoms with E-state index in [2.05, 4.69) is 0 Å². The molecule has 0 amide bonds. The van der Waals surface area contributed by atoms with Crippen LogP contribution in [0.15, 0.2) is 91.0 Å². The fraction of sp³-hybridized carbons (Fsp3) is 0.419. The van der Waals surface area contributed by atoms with Gasteiger partial charge >= 0.3 is 5.92 Å². The van der Waals surface area contributed by atoms with Crippen molar-refractivity contribution in [3.63, 3.8) is 0 Å². The molecule has 1 aliphatic rings. The van der Waals surface area contributed by atoms with Crippen LogP contribution in [-0.4, -0.2) is 65.7 Å². The van der Waals surface area contributed by atoms with Crippen LogP contribution in [-0.2, 0) is 34.8 Å². The molecule has 0 spiro atoms. The lowest BCUT2D eigenvalue weighted by Gasteiger charge is -2.47. The molecule has 3 aromatic rings. The molecule has 0 aliphatic carbocycles. The average Bonchev–Trinajstić information content (AvgIpc) is 2.94. The van der Waals surface area contributed by atoms with Crippen LogP contribution in [0.1, 0.15) is 26.3 Å². The van der Waals surface area contributed by atoms with Crippen LogP contribution in [0.5, 0.6) is 0 Å². The minimum atomic E-state index is -4.36. The maximum atomic E-state index is 15.5. The molecule has 0 saturated carbocycles. The van der Waals surface area contributed by atoms with Crippen LogP contribution in [0.25, 0.3) is 0 Å². The van der Waals surface area contributed by atoms with E-state index in [1.165, 1.54) is 0 Å². The summed E-state index contributed by atoms with van der Waals surface area (Å²) in [5, 5.41) is 11.7. The van der Waals surface area contributed by atoms with E-state index in [-0.39, 0.29) is 19.8 Å². The Morgan fingerprint density at radius 2 is 1.38 bits per heavy atom. The minimum Gasteiger partial charge on any atom is -0.407 e. The van der Waals surface area contributed by atoms with Gasteiger partial charge in [-0.25, -0.2) is 0 Å². The Labute approximate surface area is 247 Å². The maximum absolute atomic E-state index is 15.5. The Morgan fingerprint density at radius 3 is 1.86 bits per heavy atom. The third kappa shape index (κ3) is 7.16. The van der Waals surface area contributed by atoms with Crippen molar-refractivity contribution in [2.45, 2.75) is 56.8 Å². The van der Waals surface area contributed by atoms with Crippen LogP contribution >= 0.6 is 0 Å². The fourth-order valence-electron chi connectivity index (χ4n) is 5.51. The second-order valence-electron chi connectivity index (χ2n) is 11.6. The molecule has 4 rings (SSSR count). The molecule has 1 heterocycles. The topological polar surface area (TPSA) is 91.3 Å². The van der Waals surface area contributed by atoms with Crippen LogP contribution in [0, 0.1) is 5.92 Å². The highest BCUT2D eigenvalue weighted by Gasteiger charge is 2.61. The number of ether oxygens (including phenoxy) is 2. The summed E-state index contributed by atoms with van der Waals surface area (Å²) in [5.74, 6) is -5.35. The summed E-state index contributed by atoms with van der Waals surface area (Å²) in [6.45, 7) is 5.74. The van der Waals surface area contributed by atoms with Gasteiger partial charge < -0.3 is 19.0 Å². The first-order valence-corrected chi connectivity index (χ1v) is 17.4. The van der Waals surface area contributed by atoms with E-state index in [4.69, 9.17) is 18.1 Å². The zero-order valence-corrected chi connectivity index (χ0v) is 26.0. The Kier molecular flexibility index (Phi) is 10.0. The highest BCUT2D eigenvalue weighted by Crippen LogP contribution is 2.42. The van der Waals surface area contributed by atoms with Crippen molar-refractivity contribution in [3.05, 3.63) is 96.6 Å². The summed E-state index contributed by atoms with van der Waals surface area (Å²) < 4.78 is 78.4. The van der Waals surface area contributed by atoms with E-state index in [1.54, 1.807) is 0 Å². The molecule has 1 aliphatic heterocycles. The molecule has 3 aromatic carbocycles. The molecule has 228 valence electrons. The van der Waals surface area contributed by atoms with Gasteiger partial charge in [-0.1, -0.05) is 112 Å². The third-order valence-electron chi connectivity index (χ3n) is 7.46. The molecule has 1 fully saturated rings. The van der Waals surface area contributed by atoms with Crippen LogP contribution in [0.4, 0.5) is 8.78 Å². The molecule has 42 heavy (non-hydrogen) atoms. The predicted octanol–water partition coefficient (Wildman–Crippen LogP) is 4.09. The second kappa shape index (κ2) is 13.0. The van der Waals surface area contributed by atoms with Gasteiger partial charge in [0, 0.05) is 12.5 Å². The van der Waals surface area contributed by atoms with Gasteiger partial charge in [0.1, 0.15) is 0 Å². The number of hydrogen-bond donors (Lipinski definition) is 1. The molecular formula is C31H38F2O7SSi. The van der Waals surface area contributed by atoms with E-state index in [9.17, 15) is 13.5 Å². The zero-order valence-electron chi connectivity index (χ0n) is 24.2. The molecule has 0 aromatic heterocycles. The van der Waals surface area contributed by atoms with Crippen molar-refractivity contribution in [1.29, 1.82) is 0 Å². The smallest absolute Gasteiger partial charge is 0.325 e.